The summed E-state index contributed by atoms with van der Waals surface area (Å²) in [6.07, 6.45) is 0. The Bertz CT molecular complexity index is 1220. The Morgan fingerprint density at radius 3 is 2.26 bits per heavy atom. The van der Waals surface area contributed by atoms with Crippen molar-refractivity contribution in [1.29, 1.82) is 0 Å². The molecule has 3 aromatic rings. The normalized spacial score (nSPS) is 17.7. The average Bonchev–Trinajstić information content (AvgIpc) is 3.04. The molecule has 1 fully saturated rings. The van der Waals surface area contributed by atoms with E-state index in [2.05, 4.69) is 15.9 Å². The lowest BCUT2D eigenvalue weighted by Crippen LogP contribution is -2.29. The van der Waals surface area contributed by atoms with Crippen LogP contribution in [-0.4, -0.2) is 21.7 Å². The zero-order chi connectivity index (χ0) is 22.1. The highest BCUT2D eigenvalue weighted by Gasteiger charge is 2.46. The van der Waals surface area contributed by atoms with Crippen LogP contribution in [0, 0.1) is 10.1 Å². The van der Waals surface area contributed by atoms with Crippen LogP contribution in [-0.2, 0) is 9.59 Å². The first-order valence-electron chi connectivity index (χ1n) is 9.25. The quantitative estimate of drug-likeness (QED) is 0.187. The number of anilines is 1. The van der Waals surface area contributed by atoms with E-state index in [0.29, 0.717) is 11.3 Å². The summed E-state index contributed by atoms with van der Waals surface area (Å²) in [6.45, 7) is 0. The Labute approximate surface area is 185 Å². The van der Waals surface area contributed by atoms with Gasteiger partial charge in [-0.25, -0.2) is 0 Å². The molecule has 1 unspecified atom stereocenters. The zero-order valence-corrected chi connectivity index (χ0v) is 17.5. The third kappa shape index (κ3) is 3.73. The number of hydrogen-bond donors (Lipinski definition) is 1. The lowest BCUT2D eigenvalue weighted by atomic mass is 9.95. The number of carbonyl (C=O) groups is 2. The highest BCUT2D eigenvalue weighted by molar-refractivity contribution is 9.10. The van der Waals surface area contributed by atoms with Gasteiger partial charge in [0.15, 0.2) is 0 Å². The second-order valence-corrected chi connectivity index (χ2v) is 7.78. The molecule has 1 atom stereocenters. The number of rotatable bonds is 4. The average molecular weight is 479 g/mol. The molecule has 1 saturated heterocycles. The lowest BCUT2D eigenvalue weighted by molar-refractivity contribution is -0.384. The Morgan fingerprint density at radius 2 is 1.65 bits per heavy atom. The number of nitrogens with zero attached hydrogens (tertiary/aromatic N) is 2. The number of amides is 1. The lowest BCUT2D eigenvalue weighted by Gasteiger charge is -2.25. The second-order valence-electron chi connectivity index (χ2n) is 6.86. The van der Waals surface area contributed by atoms with Crippen molar-refractivity contribution in [3.05, 3.63) is 110 Å². The number of aliphatic hydroxyl groups excluding tert-OH is 1. The number of benzene rings is 3. The van der Waals surface area contributed by atoms with Crippen LogP contribution in [0.3, 0.4) is 0 Å². The minimum Gasteiger partial charge on any atom is -0.507 e. The first-order valence-corrected chi connectivity index (χ1v) is 10.0. The first-order chi connectivity index (χ1) is 14.9. The molecular formula is C23H15BrN2O5. The standard InChI is InChI=1S/C23H15BrN2O5/c24-16-7-4-8-18(13-16)25-20(14-5-2-1-3-6-14)19(22(28)23(25)29)21(27)15-9-11-17(12-10-15)26(30)31/h1-13,20,27H/b21-19+. The van der Waals surface area contributed by atoms with Crippen molar-refractivity contribution in [2.24, 2.45) is 0 Å². The fraction of sp³-hybridized carbons (Fsp3) is 0.0435. The molecule has 0 aliphatic carbocycles. The van der Waals surface area contributed by atoms with E-state index in [0.717, 1.165) is 4.47 Å². The van der Waals surface area contributed by atoms with E-state index < -0.39 is 22.7 Å². The third-order valence-electron chi connectivity index (χ3n) is 5.00. The predicted molar refractivity (Wildman–Crippen MR) is 118 cm³/mol. The minimum atomic E-state index is -0.856. The fourth-order valence-electron chi connectivity index (χ4n) is 3.57. The highest BCUT2D eigenvalue weighted by Crippen LogP contribution is 2.42. The molecule has 1 heterocycles. The molecule has 1 N–H and O–H groups in total. The number of non-ortho nitro benzene ring substituents is 1. The molecule has 0 aromatic heterocycles. The maximum atomic E-state index is 13.0. The van der Waals surface area contributed by atoms with E-state index in [1.165, 1.54) is 29.2 Å². The number of carbonyl (C=O) groups excluding carboxylic acids is 2. The van der Waals surface area contributed by atoms with Crippen molar-refractivity contribution < 1.29 is 19.6 Å². The molecule has 0 saturated carbocycles. The molecule has 1 aliphatic rings. The zero-order valence-electron chi connectivity index (χ0n) is 15.9. The van der Waals surface area contributed by atoms with Crippen molar-refractivity contribution in [3.8, 4) is 0 Å². The molecule has 0 radical (unpaired) electrons. The van der Waals surface area contributed by atoms with Crippen LogP contribution in [0.15, 0.2) is 88.9 Å². The first kappa shape index (κ1) is 20.5. The summed E-state index contributed by atoms with van der Waals surface area (Å²) < 4.78 is 0.731. The molecule has 8 heteroatoms. The number of hydrogen-bond acceptors (Lipinski definition) is 5. The van der Waals surface area contributed by atoms with E-state index >= 15 is 0 Å². The van der Waals surface area contributed by atoms with E-state index in [-0.39, 0.29) is 22.6 Å². The Kier molecular flexibility index (Phi) is 5.39. The van der Waals surface area contributed by atoms with Crippen molar-refractivity contribution >= 4 is 44.8 Å². The van der Waals surface area contributed by atoms with Crippen LogP contribution < -0.4 is 4.90 Å². The van der Waals surface area contributed by atoms with Crippen molar-refractivity contribution in [2.45, 2.75) is 6.04 Å². The van der Waals surface area contributed by atoms with Gasteiger partial charge in [0.1, 0.15) is 5.76 Å². The van der Waals surface area contributed by atoms with Crippen LogP contribution >= 0.6 is 15.9 Å². The van der Waals surface area contributed by atoms with Gasteiger partial charge in [-0.3, -0.25) is 24.6 Å². The van der Waals surface area contributed by atoms with Gasteiger partial charge in [0.2, 0.25) is 0 Å². The molecule has 154 valence electrons. The number of nitro groups is 1. The third-order valence-corrected chi connectivity index (χ3v) is 5.49. The van der Waals surface area contributed by atoms with Crippen LogP contribution in [0.25, 0.3) is 5.76 Å². The minimum absolute atomic E-state index is 0.0787. The molecule has 1 aliphatic heterocycles. The van der Waals surface area contributed by atoms with E-state index in [4.69, 9.17) is 0 Å². The smallest absolute Gasteiger partial charge is 0.300 e. The monoisotopic (exact) mass is 478 g/mol. The number of Topliss-reactive ketones (excluding diaryl/α,β-unsaturated/α-hetero) is 1. The molecular weight excluding hydrogens is 464 g/mol. The second kappa shape index (κ2) is 8.16. The van der Waals surface area contributed by atoms with Gasteiger partial charge in [0.05, 0.1) is 16.5 Å². The largest absolute Gasteiger partial charge is 0.507 e. The summed E-state index contributed by atoms with van der Waals surface area (Å²) in [6, 6.07) is 20.2. The molecule has 4 rings (SSSR count). The summed E-state index contributed by atoms with van der Waals surface area (Å²) in [7, 11) is 0. The van der Waals surface area contributed by atoms with Crippen molar-refractivity contribution in [3.63, 3.8) is 0 Å². The predicted octanol–water partition coefficient (Wildman–Crippen LogP) is 4.98. The summed E-state index contributed by atoms with van der Waals surface area (Å²) in [4.78, 5) is 37.7. The van der Waals surface area contributed by atoms with Gasteiger partial charge in [-0.2, -0.15) is 0 Å². The van der Waals surface area contributed by atoms with Gasteiger partial charge < -0.3 is 5.11 Å². The van der Waals surface area contributed by atoms with Crippen LogP contribution in [0.2, 0.25) is 0 Å². The van der Waals surface area contributed by atoms with Crippen molar-refractivity contribution in [2.75, 3.05) is 4.90 Å². The summed E-state index contributed by atoms with van der Waals surface area (Å²) >= 11 is 3.38. The van der Waals surface area contributed by atoms with Crippen LogP contribution in [0.4, 0.5) is 11.4 Å². The molecule has 1 amide bonds. The summed E-state index contributed by atoms with van der Waals surface area (Å²) in [5.74, 6) is -1.99. The van der Waals surface area contributed by atoms with Gasteiger partial charge >= 0.3 is 0 Å². The molecule has 31 heavy (non-hydrogen) atoms. The number of ketones is 1. The Hall–Kier alpha value is -3.78. The topological polar surface area (TPSA) is 101 Å². The summed E-state index contributed by atoms with van der Waals surface area (Å²) in [5, 5.41) is 21.9. The van der Waals surface area contributed by atoms with E-state index in [1.54, 1.807) is 48.5 Å². The molecule has 0 spiro atoms. The molecule has 0 bridgehead atoms. The number of halogens is 1. The van der Waals surface area contributed by atoms with Gasteiger partial charge in [-0.1, -0.05) is 52.3 Å². The maximum absolute atomic E-state index is 13.0. The van der Waals surface area contributed by atoms with Crippen LogP contribution in [0.1, 0.15) is 17.2 Å². The van der Waals surface area contributed by atoms with Crippen molar-refractivity contribution in [1.82, 2.24) is 0 Å². The SMILES string of the molecule is O=C1C(=O)N(c2cccc(Br)c2)C(c2ccccc2)/C1=C(\O)c1ccc([N+](=O)[O-])cc1. The van der Waals surface area contributed by atoms with Gasteiger partial charge in [0.25, 0.3) is 17.4 Å². The number of nitro benzene ring substituents is 1. The Morgan fingerprint density at radius 1 is 0.968 bits per heavy atom. The Balaban J connectivity index is 1.91. The van der Waals surface area contributed by atoms with Crippen LogP contribution in [0.5, 0.6) is 0 Å². The van der Waals surface area contributed by atoms with Gasteiger partial charge in [-0.05, 0) is 35.9 Å². The molecule has 3 aromatic carbocycles. The molecule has 7 nitrogen and oxygen atoms in total. The summed E-state index contributed by atoms with van der Waals surface area (Å²) in [5.41, 5.74) is 1.12. The van der Waals surface area contributed by atoms with E-state index in [1.807, 2.05) is 6.07 Å². The number of aliphatic hydroxyl groups is 1. The van der Waals surface area contributed by atoms with Gasteiger partial charge in [-0.15, -0.1) is 0 Å². The fourth-order valence-corrected chi connectivity index (χ4v) is 3.96. The maximum Gasteiger partial charge on any atom is 0.300 e. The van der Waals surface area contributed by atoms with E-state index in [9.17, 15) is 24.8 Å². The van der Waals surface area contributed by atoms with Gasteiger partial charge in [0, 0.05) is 27.9 Å². The highest BCUT2D eigenvalue weighted by atomic mass is 79.9.